The van der Waals surface area contributed by atoms with Crippen LogP contribution in [0.1, 0.15) is 18.0 Å². The summed E-state index contributed by atoms with van der Waals surface area (Å²) in [6.45, 7) is 1.29. The molecule has 0 saturated carbocycles. The molecule has 2 atom stereocenters. The van der Waals surface area contributed by atoms with Crippen molar-refractivity contribution >= 4 is 0 Å². The fourth-order valence-corrected chi connectivity index (χ4v) is 1.98. The minimum atomic E-state index is -0.562. The maximum atomic E-state index is 13.3. The molecule has 0 saturated heterocycles. The predicted molar refractivity (Wildman–Crippen MR) is 59.5 cm³/mol. The second-order valence-corrected chi connectivity index (χ2v) is 4.21. The van der Waals surface area contributed by atoms with E-state index in [2.05, 4.69) is 4.98 Å². The zero-order valence-corrected chi connectivity index (χ0v) is 9.31. The van der Waals surface area contributed by atoms with E-state index in [1.807, 2.05) is 0 Å². The van der Waals surface area contributed by atoms with E-state index < -0.39 is 29.0 Å². The van der Waals surface area contributed by atoms with Crippen LogP contribution in [0.3, 0.4) is 0 Å². The Morgan fingerprint density at radius 1 is 1.59 bits per heavy atom. The number of rotatable bonds is 2. The number of nitrogens with one attached hydrogen (secondary N) is 1. The molecule has 0 fully saturated rings. The molecule has 0 amide bonds. The van der Waals surface area contributed by atoms with Gasteiger partial charge in [-0.2, -0.15) is 0 Å². The molecule has 0 radical (unpaired) electrons. The Balaban J connectivity index is 2.41. The van der Waals surface area contributed by atoms with Crippen molar-refractivity contribution in [3.8, 4) is 0 Å². The third kappa shape index (κ3) is 2.08. The molecule has 0 bridgehead atoms. The molecule has 0 aromatic carbocycles. The second-order valence-electron chi connectivity index (χ2n) is 4.21. The molecule has 5 nitrogen and oxygen atoms in total. The van der Waals surface area contributed by atoms with E-state index >= 15 is 0 Å². The molecule has 1 aliphatic carbocycles. The summed E-state index contributed by atoms with van der Waals surface area (Å²) in [6.07, 6.45) is 3.04. The first kappa shape index (κ1) is 11.8. The number of hydrogen-bond donors (Lipinski definition) is 2. The van der Waals surface area contributed by atoms with E-state index in [-0.39, 0.29) is 6.61 Å². The van der Waals surface area contributed by atoms with Gasteiger partial charge in [0.2, 0.25) is 0 Å². The topological polar surface area (TPSA) is 75.1 Å². The summed E-state index contributed by atoms with van der Waals surface area (Å²) in [5.74, 6) is -0.965. The summed E-state index contributed by atoms with van der Waals surface area (Å²) in [6, 6.07) is -0.449. The molecule has 6 heteroatoms. The van der Waals surface area contributed by atoms with Crippen molar-refractivity contribution in [2.75, 3.05) is 6.61 Å². The standard InChI is InChI=1S/C11H13FN2O3/c1-6-4-14(11(17)13-10(6)16)8-2-7(5-15)9(12)3-8/h3-4,7-8,15H,2,5H2,1H3,(H,13,16,17)/t7-,8+/m0/s1. The van der Waals surface area contributed by atoms with Gasteiger partial charge in [-0.1, -0.05) is 0 Å². The van der Waals surface area contributed by atoms with E-state index in [0.717, 1.165) is 0 Å². The van der Waals surface area contributed by atoms with Crippen molar-refractivity contribution in [2.24, 2.45) is 5.92 Å². The Kier molecular flexibility index (Phi) is 2.97. The number of halogens is 1. The van der Waals surface area contributed by atoms with Gasteiger partial charge in [-0.05, 0) is 19.4 Å². The predicted octanol–water partition coefficient (Wildman–Crippen LogP) is 0.252. The zero-order chi connectivity index (χ0) is 12.6. The van der Waals surface area contributed by atoms with Crippen LogP contribution in [0.25, 0.3) is 0 Å². The van der Waals surface area contributed by atoms with Crippen LogP contribution >= 0.6 is 0 Å². The van der Waals surface area contributed by atoms with Crippen LogP contribution in [0.15, 0.2) is 27.7 Å². The van der Waals surface area contributed by atoms with Gasteiger partial charge < -0.3 is 5.11 Å². The van der Waals surface area contributed by atoms with Crippen molar-refractivity contribution < 1.29 is 9.50 Å². The molecule has 1 aliphatic rings. The highest BCUT2D eigenvalue weighted by Crippen LogP contribution is 2.33. The summed E-state index contributed by atoms with van der Waals surface area (Å²) < 4.78 is 14.6. The number of allylic oxidation sites excluding steroid dienone is 1. The quantitative estimate of drug-likeness (QED) is 0.778. The van der Waals surface area contributed by atoms with Crippen molar-refractivity contribution in [1.29, 1.82) is 0 Å². The number of aromatic amines is 1. The molecular formula is C11H13FN2O3. The van der Waals surface area contributed by atoms with Gasteiger partial charge in [0.25, 0.3) is 5.56 Å². The normalized spacial score (nSPS) is 23.8. The summed E-state index contributed by atoms with van der Waals surface area (Å²) >= 11 is 0. The first-order chi connectivity index (χ1) is 8.02. The van der Waals surface area contributed by atoms with E-state index in [0.29, 0.717) is 12.0 Å². The van der Waals surface area contributed by atoms with Gasteiger partial charge >= 0.3 is 5.69 Å². The van der Waals surface area contributed by atoms with E-state index in [1.54, 1.807) is 6.92 Å². The molecule has 1 aromatic heterocycles. The number of H-pyrrole nitrogens is 1. The molecule has 0 aliphatic heterocycles. The van der Waals surface area contributed by atoms with Crippen molar-refractivity contribution in [2.45, 2.75) is 19.4 Å². The molecule has 2 rings (SSSR count). The first-order valence-electron chi connectivity index (χ1n) is 5.33. The molecule has 1 aromatic rings. The summed E-state index contributed by atoms with van der Waals surface area (Å²) in [4.78, 5) is 24.9. The van der Waals surface area contributed by atoms with Gasteiger partial charge in [-0.15, -0.1) is 0 Å². The lowest BCUT2D eigenvalue weighted by molar-refractivity contribution is 0.223. The van der Waals surface area contributed by atoms with Crippen LogP contribution in [0, 0.1) is 12.8 Å². The molecule has 0 unspecified atom stereocenters. The Bertz CT molecular complexity index is 573. The van der Waals surface area contributed by atoms with Crippen LogP contribution < -0.4 is 11.2 Å². The largest absolute Gasteiger partial charge is 0.396 e. The molecule has 92 valence electrons. The number of nitrogens with zero attached hydrogens (tertiary/aromatic N) is 1. The highest BCUT2D eigenvalue weighted by atomic mass is 19.1. The van der Waals surface area contributed by atoms with Crippen LogP contribution in [0.2, 0.25) is 0 Å². The van der Waals surface area contributed by atoms with Crippen molar-refractivity contribution in [3.63, 3.8) is 0 Å². The van der Waals surface area contributed by atoms with Gasteiger partial charge in [0.15, 0.2) is 0 Å². The average molecular weight is 240 g/mol. The molecular weight excluding hydrogens is 227 g/mol. The summed E-state index contributed by atoms with van der Waals surface area (Å²) in [5, 5.41) is 8.94. The fraction of sp³-hybridized carbons (Fsp3) is 0.455. The minimum Gasteiger partial charge on any atom is -0.396 e. The van der Waals surface area contributed by atoms with Gasteiger partial charge in [0, 0.05) is 17.7 Å². The van der Waals surface area contributed by atoms with Gasteiger partial charge in [0.1, 0.15) is 5.83 Å². The lowest BCUT2D eigenvalue weighted by atomic mass is 10.1. The third-order valence-electron chi connectivity index (χ3n) is 2.99. The highest BCUT2D eigenvalue weighted by molar-refractivity contribution is 5.13. The number of hydrogen-bond acceptors (Lipinski definition) is 3. The molecule has 1 heterocycles. The monoisotopic (exact) mass is 240 g/mol. The van der Waals surface area contributed by atoms with Crippen LogP contribution in [0.4, 0.5) is 4.39 Å². The lowest BCUT2D eigenvalue weighted by Crippen LogP contribution is -2.32. The first-order valence-corrected chi connectivity index (χ1v) is 5.33. The Morgan fingerprint density at radius 2 is 2.29 bits per heavy atom. The maximum Gasteiger partial charge on any atom is 0.328 e. The Labute approximate surface area is 96.2 Å². The smallest absolute Gasteiger partial charge is 0.328 e. The second kappa shape index (κ2) is 4.29. The Morgan fingerprint density at radius 3 is 2.88 bits per heavy atom. The van der Waals surface area contributed by atoms with Gasteiger partial charge in [-0.25, -0.2) is 9.18 Å². The average Bonchev–Trinajstić information content (AvgIpc) is 2.65. The maximum absolute atomic E-state index is 13.3. The van der Waals surface area contributed by atoms with Crippen molar-refractivity contribution in [3.05, 3.63) is 44.5 Å². The highest BCUT2D eigenvalue weighted by Gasteiger charge is 2.28. The van der Waals surface area contributed by atoms with E-state index in [4.69, 9.17) is 5.11 Å². The van der Waals surface area contributed by atoms with Crippen molar-refractivity contribution in [1.82, 2.24) is 9.55 Å². The minimum absolute atomic E-state index is 0.282. The molecule has 17 heavy (non-hydrogen) atoms. The number of aliphatic hydroxyl groups excluding tert-OH is 1. The fourth-order valence-electron chi connectivity index (χ4n) is 1.98. The summed E-state index contributed by atoms with van der Waals surface area (Å²) in [5.41, 5.74) is -0.605. The van der Waals surface area contributed by atoms with E-state index in [1.165, 1.54) is 16.8 Å². The third-order valence-corrected chi connectivity index (χ3v) is 2.99. The summed E-state index contributed by atoms with van der Waals surface area (Å²) in [7, 11) is 0. The Hall–Kier alpha value is -1.69. The zero-order valence-electron chi connectivity index (χ0n) is 9.31. The van der Waals surface area contributed by atoms with Crippen LogP contribution in [-0.2, 0) is 0 Å². The van der Waals surface area contributed by atoms with E-state index in [9.17, 15) is 14.0 Å². The molecule has 0 spiro atoms. The number of aromatic nitrogens is 2. The van der Waals surface area contributed by atoms with Crippen LogP contribution in [0.5, 0.6) is 0 Å². The SMILES string of the molecule is Cc1cn([C@H]2C=C(F)[C@H](CO)C2)c(=O)[nH]c1=O. The lowest BCUT2D eigenvalue weighted by Gasteiger charge is -2.13. The van der Waals surface area contributed by atoms with Gasteiger partial charge in [-0.3, -0.25) is 14.3 Å². The van der Waals surface area contributed by atoms with Crippen LogP contribution in [-0.4, -0.2) is 21.3 Å². The number of aliphatic hydroxyl groups is 1. The molecule has 2 N–H and O–H groups in total. The number of aryl methyl sites for hydroxylation is 1. The van der Waals surface area contributed by atoms with Gasteiger partial charge in [0.05, 0.1) is 12.6 Å².